The maximum atomic E-state index is 13.6. The van der Waals surface area contributed by atoms with E-state index in [1.807, 2.05) is 6.08 Å². The normalized spacial score (nSPS) is 22.7. The zero-order chi connectivity index (χ0) is 31.6. The van der Waals surface area contributed by atoms with Gasteiger partial charge in [-0.3, -0.25) is 19.5 Å². The molecule has 12 heteroatoms. The van der Waals surface area contributed by atoms with Crippen LogP contribution in [0.4, 0.5) is 37.7 Å². The van der Waals surface area contributed by atoms with Crippen LogP contribution in [0.1, 0.15) is 41.0 Å². The number of hydrogen-bond donors (Lipinski definition) is 1. The molecule has 4 heterocycles. The van der Waals surface area contributed by atoms with Crippen LogP contribution in [-0.2, 0) is 12.4 Å². The molecule has 7 rings (SSSR count). The third-order valence-corrected chi connectivity index (χ3v) is 8.99. The van der Waals surface area contributed by atoms with Gasteiger partial charge in [0, 0.05) is 47.5 Å². The number of benzene rings is 2. The molecule has 0 spiro atoms. The van der Waals surface area contributed by atoms with Gasteiger partial charge in [-0.15, -0.1) is 6.58 Å². The van der Waals surface area contributed by atoms with E-state index in [0.717, 1.165) is 18.4 Å². The Labute approximate surface area is 247 Å². The summed E-state index contributed by atoms with van der Waals surface area (Å²) in [4.78, 5) is 33.0. The lowest BCUT2D eigenvalue weighted by Crippen LogP contribution is -2.56. The van der Waals surface area contributed by atoms with Crippen molar-refractivity contribution in [2.45, 2.75) is 37.2 Å². The molecule has 2 bridgehead atoms. The Balaban J connectivity index is 1.52. The Morgan fingerprint density at radius 1 is 1.02 bits per heavy atom. The number of nitrogens with one attached hydrogen (secondary N) is 1. The van der Waals surface area contributed by atoms with Crippen LogP contribution in [0, 0.1) is 11.8 Å². The van der Waals surface area contributed by atoms with E-state index in [4.69, 9.17) is 4.74 Å². The van der Waals surface area contributed by atoms with Crippen molar-refractivity contribution in [3.8, 4) is 5.75 Å². The molecule has 6 nitrogen and oxygen atoms in total. The number of nitrogens with zero attached hydrogens (tertiary/aromatic N) is 2. The highest BCUT2D eigenvalue weighted by Gasteiger charge is 2.46. The number of ether oxygens (including phenoxy) is 1. The molecule has 3 saturated heterocycles. The summed E-state index contributed by atoms with van der Waals surface area (Å²) in [6.45, 7) is 5.34. The van der Waals surface area contributed by atoms with Crippen LogP contribution in [0.15, 0.2) is 71.0 Å². The molecule has 0 saturated carbocycles. The fourth-order valence-electron chi connectivity index (χ4n) is 6.82. The van der Waals surface area contributed by atoms with Gasteiger partial charge in [-0.05, 0) is 78.6 Å². The number of rotatable bonds is 7. The summed E-state index contributed by atoms with van der Waals surface area (Å²) in [6.07, 6.45) is -3.48. The fourth-order valence-corrected chi connectivity index (χ4v) is 6.82. The molecule has 3 aromatic carbocycles. The van der Waals surface area contributed by atoms with Gasteiger partial charge in [0.1, 0.15) is 5.75 Å². The van der Waals surface area contributed by atoms with E-state index in [9.17, 15) is 35.9 Å². The number of anilines is 2. The van der Waals surface area contributed by atoms with Crippen LogP contribution >= 0.6 is 0 Å². The molecule has 4 unspecified atom stereocenters. The minimum absolute atomic E-state index is 0.00536. The molecular formula is C32H27F6N3O3. The van der Waals surface area contributed by atoms with E-state index in [2.05, 4.69) is 21.8 Å². The topological polar surface area (TPSA) is 71.5 Å². The molecule has 3 aliphatic heterocycles. The maximum Gasteiger partial charge on any atom is 0.416 e. The first-order valence-electron chi connectivity index (χ1n) is 14.0. The summed E-state index contributed by atoms with van der Waals surface area (Å²) >= 11 is 0. The van der Waals surface area contributed by atoms with Crippen LogP contribution < -0.4 is 20.9 Å². The van der Waals surface area contributed by atoms with Crippen LogP contribution in [0.3, 0.4) is 0 Å². The summed E-state index contributed by atoms with van der Waals surface area (Å²) in [6, 6.07) is 6.04. The number of methoxy groups -OCH3 is 1. The smallest absolute Gasteiger partial charge is 0.416 e. The molecule has 3 aliphatic rings. The molecule has 230 valence electrons. The van der Waals surface area contributed by atoms with Gasteiger partial charge in [-0.1, -0.05) is 6.08 Å². The van der Waals surface area contributed by atoms with E-state index < -0.39 is 45.9 Å². The van der Waals surface area contributed by atoms with Crippen LogP contribution in [0.25, 0.3) is 10.8 Å². The van der Waals surface area contributed by atoms with Gasteiger partial charge < -0.3 is 10.1 Å². The van der Waals surface area contributed by atoms with Crippen molar-refractivity contribution in [3.63, 3.8) is 0 Å². The quantitative estimate of drug-likeness (QED) is 0.143. The largest absolute Gasteiger partial charge is 0.497 e. The number of pyridine rings is 1. The van der Waals surface area contributed by atoms with Gasteiger partial charge in [-0.25, -0.2) is 0 Å². The average Bonchev–Trinajstić information content (AvgIpc) is 3.01. The number of hydrogen-bond acceptors (Lipinski definition) is 6. The third-order valence-electron chi connectivity index (χ3n) is 8.99. The van der Waals surface area contributed by atoms with Crippen molar-refractivity contribution in [2.75, 3.05) is 25.5 Å². The molecule has 0 amide bonds. The van der Waals surface area contributed by atoms with Gasteiger partial charge in [0.05, 0.1) is 23.9 Å². The number of aromatic nitrogens is 1. The number of fused-ring (bicyclic) bond motifs is 4. The van der Waals surface area contributed by atoms with Gasteiger partial charge in [0.25, 0.3) is 0 Å². The number of piperidine rings is 3. The Morgan fingerprint density at radius 2 is 1.73 bits per heavy atom. The highest BCUT2D eigenvalue weighted by molar-refractivity contribution is 5.87. The summed E-state index contributed by atoms with van der Waals surface area (Å²) in [7, 11) is 1.50. The van der Waals surface area contributed by atoms with Gasteiger partial charge in [0.2, 0.25) is 10.9 Å². The van der Waals surface area contributed by atoms with Crippen LogP contribution in [0.5, 0.6) is 5.75 Å². The molecule has 0 radical (unpaired) electrons. The van der Waals surface area contributed by atoms with Crippen molar-refractivity contribution in [2.24, 2.45) is 11.8 Å². The predicted octanol–water partition coefficient (Wildman–Crippen LogP) is 6.65. The second-order valence-electron chi connectivity index (χ2n) is 11.4. The van der Waals surface area contributed by atoms with E-state index in [-0.39, 0.29) is 35.2 Å². The van der Waals surface area contributed by atoms with E-state index in [0.29, 0.717) is 41.8 Å². The highest BCUT2D eigenvalue weighted by Crippen LogP contribution is 2.47. The molecule has 0 aliphatic carbocycles. The molecule has 4 aromatic rings. The fraction of sp³-hybridized carbons (Fsp3) is 0.344. The lowest BCUT2D eigenvalue weighted by atomic mass is 9.69. The highest BCUT2D eigenvalue weighted by atomic mass is 19.4. The van der Waals surface area contributed by atoms with E-state index >= 15 is 0 Å². The summed E-state index contributed by atoms with van der Waals surface area (Å²) < 4.78 is 86.9. The minimum atomic E-state index is -5.08. The van der Waals surface area contributed by atoms with E-state index in [1.165, 1.54) is 7.11 Å². The molecular weight excluding hydrogens is 588 g/mol. The first kappa shape index (κ1) is 29.9. The Bertz CT molecular complexity index is 1790. The second-order valence-corrected chi connectivity index (χ2v) is 11.4. The minimum Gasteiger partial charge on any atom is -0.497 e. The standard InChI is InChI=1S/C32H27F6N3O3/c1-3-16-15-41-7-6-17(16)8-25(41)26(24-14-39-13-18-4-5-22(44-2)12-23(18)24)27-28(30(43)29(27)42)40-21-10-19(31(33,34)35)9-20(11-21)32(36,37)38/h3-5,9-14,16-17,25-26,40H,1,6-8,15H2,2H3/t16?,17?,25?,26-/m1/s1. The average molecular weight is 616 g/mol. The lowest BCUT2D eigenvalue weighted by molar-refractivity contribution is -0.143. The zero-order valence-corrected chi connectivity index (χ0v) is 23.4. The predicted molar refractivity (Wildman–Crippen MR) is 153 cm³/mol. The first-order chi connectivity index (χ1) is 20.8. The third kappa shape index (κ3) is 5.14. The first-order valence-corrected chi connectivity index (χ1v) is 14.0. The van der Waals surface area contributed by atoms with Gasteiger partial charge in [-0.2, -0.15) is 26.3 Å². The second kappa shape index (κ2) is 10.8. The summed E-state index contributed by atoms with van der Waals surface area (Å²) in [5.74, 6) is 0.256. The van der Waals surface area contributed by atoms with Crippen molar-refractivity contribution >= 4 is 22.1 Å². The van der Waals surface area contributed by atoms with Crippen LogP contribution in [0.2, 0.25) is 0 Å². The van der Waals surface area contributed by atoms with Crippen molar-refractivity contribution < 1.29 is 31.1 Å². The summed E-state index contributed by atoms with van der Waals surface area (Å²) in [5, 5.41) is 3.92. The Hall–Kier alpha value is -4.19. The van der Waals surface area contributed by atoms with Crippen molar-refractivity contribution in [1.29, 1.82) is 0 Å². The summed E-state index contributed by atoms with van der Waals surface area (Å²) in [5.41, 5.74) is -5.25. The zero-order valence-electron chi connectivity index (χ0n) is 23.4. The molecule has 1 N–H and O–H groups in total. The Morgan fingerprint density at radius 3 is 2.32 bits per heavy atom. The molecule has 3 fully saturated rings. The van der Waals surface area contributed by atoms with Gasteiger partial charge in [0.15, 0.2) is 0 Å². The SMILES string of the molecule is C=CC1CN2CCC1CC2[C@H](c1c(Nc2cc(C(F)(F)F)cc(C(F)(F)F)c2)c(=O)c1=O)c1cncc2ccc(OC)cc12. The maximum absolute atomic E-state index is 13.6. The van der Waals surface area contributed by atoms with E-state index in [1.54, 1.807) is 30.6 Å². The van der Waals surface area contributed by atoms with Gasteiger partial charge >= 0.3 is 12.4 Å². The molecule has 5 atom stereocenters. The molecule has 44 heavy (non-hydrogen) atoms. The van der Waals surface area contributed by atoms with Crippen molar-refractivity contribution in [1.82, 2.24) is 9.88 Å². The number of halogens is 6. The monoisotopic (exact) mass is 615 g/mol. The molecule has 1 aromatic heterocycles. The lowest BCUT2D eigenvalue weighted by Gasteiger charge is -2.52. The Kier molecular flexibility index (Phi) is 7.30. The number of alkyl halides is 6. The van der Waals surface area contributed by atoms with Crippen LogP contribution in [-0.4, -0.2) is 36.1 Å². The van der Waals surface area contributed by atoms with Crippen molar-refractivity contribution in [3.05, 3.63) is 104 Å².